The van der Waals surface area contributed by atoms with Gasteiger partial charge in [-0.2, -0.15) is 18.3 Å². The number of alkyl halides is 3. The van der Waals surface area contributed by atoms with Crippen molar-refractivity contribution in [1.82, 2.24) is 15.1 Å². The zero-order chi connectivity index (χ0) is 16.6. The summed E-state index contributed by atoms with van der Waals surface area (Å²) < 4.78 is 40.9. The van der Waals surface area contributed by atoms with Crippen LogP contribution in [0.5, 0.6) is 0 Å². The van der Waals surface area contributed by atoms with E-state index in [0.29, 0.717) is 24.9 Å². The van der Waals surface area contributed by atoms with E-state index in [9.17, 15) is 18.0 Å². The van der Waals surface area contributed by atoms with E-state index in [1.807, 2.05) is 6.92 Å². The van der Waals surface area contributed by atoms with E-state index in [0.717, 1.165) is 17.3 Å². The van der Waals surface area contributed by atoms with Gasteiger partial charge >= 0.3 is 6.18 Å². The number of carbonyl (C=O) groups excluding carboxylic acids is 1. The summed E-state index contributed by atoms with van der Waals surface area (Å²) in [5, 5.41) is 7.44. The van der Waals surface area contributed by atoms with Gasteiger partial charge in [0.1, 0.15) is 5.69 Å². The fourth-order valence-corrected chi connectivity index (χ4v) is 2.94. The summed E-state index contributed by atoms with van der Waals surface area (Å²) in [5.74, 6) is 0. The molecule has 0 aliphatic carbocycles. The number of halogens is 3. The molecule has 4 nitrogen and oxygen atoms in total. The Morgan fingerprint density at radius 1 is 1.39 bits per heavy atom. The Balaban J connectivity index is 2.02. The first-order valence-electron chi connectivity index (χ1n) is 7.32. The van der Waals surface area contributed by atoms with Gasteiger partial charge in [0.05, 0.1) is 12.1 Å². The minimum atomic E-state index is -4.41. The lowest BCUT2D eigenvalue weighted by Gasteiger charge is -2.22. The van der Waals surface area contributed by atoms with Gasteiger partial charge in [-0.3, -0.25) is 9.48 Å². The van der Waals surface area contributed by atoms with Crippen molar-refractivity contribution in [2.24, 2.45) is 0 Å². The summed E-state index contributed by atoms with van der Waals surface area (Å²) in [7, 11) is 0. The normalized spacial score (nSPS) is 17.8. The van der Waals surface area contributed by atoms with E-state index in [2.05, 4.69) is 10.4 Å². The average molecular weight is 323 g/mol. The Kier molecular flexibility index (Phi) is 3.97. The molecule has 0 saturated carbocycles. The lowest BCUT2D eigenvalue weighted by atomic mass is 10.0. The zero-order valence-electron chi connectivity index (χ0n) is 12.5. The van der Waals surface area contributed by atoms with E-state index in [1.165, 1.54) is 16.8 Å². The molecule has 1 aromatic heterocycles. The summed E-state index contributed by atoms with van der Waals surface area (Å²) in [4.78, 5) is 11.2. The van der Waals surface area contributed by atoms with Crippen LogP contribution in [0.4, 0.5) is 13.2 Å². The van der Waals surface area contributed by atoms with E-state index in [4.69, 9.17) is 0 Å². The lowest BCUT2D eigenvalue weighted by molar-refractivity contribution is -0.138. The van der Waals surface area contributed by atoms with Gasteiger partial charge in [0, 0.05) is 30.3 Å². The summed E-state index contributed by atoms with van der Waals surface area (Å²) in [6.45, 7) is 2.49. The molecule has 2 heterocycles. The van der Waals surface area contributed by atoms with E-state index in [-0.39, 0.29) is 18.2 Å². The molecule has 0 saturated heterocycles. The van der Waals surface area contributed by atoms with Crippen molar-refractivity contribution in [3.63, 3.8) is 0 Å². The highest BCUT2D eigenvalue weighted by Crippen LogP contribution is 2.32. The third-order valence-corrected chi connectivity index (χ3v) is 4.08. The molecule has 23 heavy (non-hydrogen) atoms. The van der Waals surface area contributed by atoms with Crippen LogP contribution in [-0.4, -0.2) is 22.1 Å². The van der Waals surface area contributed by atoms with Gasteiger partial charge in [-0.25, -0.2) is 0 Å². The molecule has 3 rings (SSSR count). The maximum Gasteiger partial charge on any atom is 0.416 e. The monoisotopic (exact) mass is 323 g/mol. The van der Waals surface area contributed by atoms with Crippen molar-refractivity contribution < 1.29 is 18.0 Å². The van der Waals surface area contributed by atoms with E-state index in [1.54, 1.807) is 6.07 Å². The number of rotatable bonds is 3. The Hall–Kier alpha value is -2.15. The SMILES string of the molecule is C[C@@H]1Cc2c(c(C=O)nn2Cc2ccccc2C(F)(F)F)CN1. The number of nitrogens with one attached hydrogen (secondary N) is 1. The first-order valence-corrected chi connectivity index (χ1v) is 7.32. The third kappa shape index (κ3) is 3.01. The molecule has 1 aliphatic heterocycles. The van der Waals surface area contributed by atoms with Crippen molar-refractivity contribution in [1.29, 1.82) is 0 Å². The minimum Gasteiger partial charge on any atom is -0.310 e. The molecule has 0 radical (unpaired) electrons. The maximum atomic E-state index is 13.1. The number of hydrogen-bond donors (Lipinski definition) is 1. The van der Waals surface area contributed by atoms with Crippen LogP contribution >= 0.6 is 0 Å². The standard InChI is InChI=1S/C16H16F3N3O/c1-10-6-15-12(7-20-10)14(9-23)21-22(15)8-11-4-2-3-5-13(11)16(17,18)19/h2-5,9-10,20H,6-8H2,1H3/t10-/m1/s1. The summed E-state index contributed by atoms with van der Waals surface area (Å²) in [5.41, 5.74) is 1.38. The second-order valence-corrected chi connectivity index (χ2v) is 5.73. The maximum absolute atomic E-state index is 13.1. The number of fused-ring (bicyclic) bond motifs is 1. The molecule has 2 aromatic rings. The number of aldehydes is 1. The van der Waals surface area contributed by atoms with Crippen molar-refractivity contribution in [2.75, 3.05) is 0 Å². The Morgan fingerprint density at radius 2 is 2.13 bits per heavy atom. The van der Waals surface area contributed by atoms with Crippen LogP contribution in [0.1, 0.15) is 39.8 Å². The highest BCUT2D eigenvalue weighted by atomic mass is 19.4. The van der Waals surface area contributed by atoms with Crippen molar-refractivity contribution in [3.05, 3.63) is 52.3 Å². The first-order chi connectivity index (χ1) is 10.9. The topological polar surface area (TPSA) is 46.9 Å². The molecule has 1 aliphatic rings. The molecule has 1 aromatic carbocycles. The van der Waals surface area contributed by atoms with Gasteiger partial charge in [0.15, 0.2) is 6.29 Å². The smallest absolute Gasteiger partial charge is 0.310 e. The van der Waals surface area contributed by atoms with Crippen LogP contribution in [0.15, 0.2) is 24.3 Å². The molecule has 1 atom stereocenters. The summed E-state index contributed by atoms with van der Waals surface area (Å²) in [6.07, 6.45) is -3.13. The largest absolute Gasteiger partial charge is 0.416 e. The van der Waals surface area contributed by atoms with Gasteiger partial charge < -0.3 is 5.32 Å². The van der Waals surface area contributed by atoms with Crippen LogP contribution in [-0.2, 0) is 25.7 Å². The van der Waals surface area contributed by atoms with Gasteiger partial charge in [-0.15, -0.1) is 0 Å². The van der Waals surface area contributed by atoms with E-state index < -0.39 is 11.7 Å². The van der Waals surface area contributed by atoms with Crippen LogP contribution in [0, 0.1) is 0 Å². The highest BCUT2D eigenvalue weighted by Gasteiger charge is 2.33. The van der Waals surface area contributed by atoms with E-state index >= 15 is 0 Å². The second-order valence-electron chi connectivity index (χ2n) is 5.73. The zero-order valence-corrected chi connectivity index (χ0v) is 12.5. The number of benzene rings is 1. The minimum absolute atomic E-state index is 0.00141. The second kappa shape index (κ2) is 5.81. The van der Waals surface area contributed by atoms with Crippen LogP contribution in [0.3, 0.4) is 0 Å². The summed E-state index contributed by atoms with van der Waals surface area (Å²) >= 11 is 0. The van der Waals surface area contributed by atoms with Crippen LogP contribution < -0.4 is 5.32 Å². The van der Waals surface area contributed by atoms with Crippen LogP contribution in [0.2, 0.25) is 0 Å². The number of carbonyl (C=O) groups is 1. The van der Waals surface area contributed by atoms with Crippen LogP contribution in [0.25, 0.3) is 0 Å². The van der Waals surface area contributed by atoms with Gasteiger partial charge in [-0.05, 0) is 18.6 Å². The number of nitrogens with zero attached hydrogens (tertiary/aromatic N) is 2. The molecule has 0 bridgehead atoms. The Labute approximate surface area is 131 Å². The molecule has 122 valence electrons. The molecular weight excluding hydrogens is 307 g/mol. The molecule has 7 heteroatoms. The van der Waals surface area contributed by atoms with Gasteiger partial charge in [-0.1, -0.05) is 18.2 Å². The number of hydrogen-bond acceptors (Lipinski definition) is 3. The highest BCUT2D eigenvalue weighted by molar-refractivity contribution is 5.75. The fraction of sp³-hybridized carbons (Fsp3) is 0.375. The van der Waals surface area contributed by atoms with Crippen molar-refractivity contribution in [3.8, 4) is 0 Å². The Morgan fingerprint density at radius 3 is 2.83 bits per heavy atom. The lowest BCUT2D eigenvalue weighted by Crippen LogP contribution is -2.34. The molecular formula is C16H16F3N3O. The van der Waals surface area contributed by atoms with Crippen molar-refractivity contribution >= 4 is 6.29 Å². The Bertz CT molecular complexity index is 737. The third-order valence-electron chi connectivity index (χ3n) is 4.08. The average Bonchev–Trinajstić information content (AvgIpc) is 2.84. The molecule has 1 N–H and O–H groups in total. The first kappa shape index (κ1) is 15.7. The van der Waals surface area contributed by atoms with Crippen molar-refractivity contribution in [2.45, 2.75) is 38.7 Å². The van der Waals surface area contributed by atoms with Gasteiger partial charge in [0.25, 0.3) is 0 Å². The predicted octanol–water partition coefficient (Wildman–Crippen LogP) is 2.80. The predicted molar refractivity (Wildman–Crippen MR) is 78.2 cm³/mol. The molecule has 0 fully saturated rings. The molecule has 0 spiro atoms. The summed E-state index contributed by atoms with van der Waals surface area (Å²) in [6, 6.07) is 5.65. The molecule has 0 unspecified atom stereocenters. The quantitative estimate of drug-likeness (QED) is 0.884. The fourth-order valence-electron chi connectivity index (χ4n) is 2.94. The number of aromatic nitrogens is 2. The molecule has 0 amide bonds. The van der Waals surface area contributed by atoms with Gasteiger partial charge in [0.2, 0.25) is 0 Å².